The van der Waals surface area contributed by atoms with Crippen LogP contribution in [-0.2, 0) is 6.42 Å². The fourth-order valence-corrected chi connectivity index (χ4v) is 7.58. The van der Waals surface area contributed by atoms with Crippen LogP contribution in [0.3, 0.4) is 0 Å². The first-order valence-electron chi connectivity index (χ1n) is 19.1. The Bertz CT molecular complexity index is 2900. The minimum absolute atomic E-state index is 0.680. The third-order valence-electron chi connectivity index (χ3n) is 10.6. The zero-order valence-corrected chi connectivity index (χ0v) is 31.2. The topological polar surface area (TPSA) is 38.7 Å². The van der Waals surface area contributed by atoms with Crippen molar-refractivity contribution in [1.82, 2.24) is 15.0 Å². The van der Waals surface area contributed by atoms with Crippen molar-refractivity contribution >= 4 is 27.6 Å². The van der Waals surface area contributed by atoms with E-state index in [1.54, 1.807) is 0 Å². The number of pyridine rings is 1. The van der Waals surface area contributed by atoms with Gasteiger partial charge in [0.15, 0.2) is 5.82 Å². The molecule has 0 atom stereocenters. The van der Waals surface area contributed by atoms with Crippen molar-refractivity contribution in [2.24, 2.45) is 0 Å². The fourth-order valence-electron chi connectivity index (χ4n) is 7.58. The fraction of sp³-hybridized carbons (Fsp3) is 0.0377. The number of rotatable bonds is 9. The van der Waals surface area contributed by atoms with Gasteiger partial charge in [0.2, 0.25) is 0 Å². The summed E-state index contributed by atoms with van der Waals surface area (Å²) in [6.45, 7) is 6.04. The van der Waals surface area contributed by atoms with E-state index in [0.29, 0.717) is 5.82 Å². The maximum Gasteiger partial charge on any atom is 0.160 e. The second kappa shape index (κ2) is 15.3. The molecule has 266 valence electrons. The van der Waals surface area contributed by atoms with Crippen LogP contribution in [0.2, 0.25) is 0 Å². The van der Waals surface area contributed by atoms with Crippen LogP contribution in [0.1, 0.15) is 18.1 Å². The second-order valence-corrected chi connectivity index (χ2v) is 14.0. The standard InChI is InChI=1S/C53H39N3/c1-3-5-18-47-36(4-2)34-54-35-50(47)40-24-28-42(29-25-40)52-33-51(41-26-22-39(23-27-41)49-20-11-15-38-13-8-9-19-48(38)49)55-53(56-52)46-17-10-16-44(32-46)45-30-21-37-12-6-7-14-43(37)31-45/h3,5-35H,1,4H2,2H3/b18-5-. The molecule has 2 heterocycles. The Morgan fingerprint density at radius 3 is 1.80 bits per heavy atom. The third kappa shape index (κ3) is 6.83. The molecule has 0 amide bonds. The van der Waals surface area contributed by atoms with E-state index in [1.807, 2.05) is 24.5 Å². The zero-order valence-electron chi connectivity index (χ0n) is 31.2. The second-order valence-electron chi connectivity index (χ2n) is 14.0. The molecule has 9 rings (SSSR count). The predicted octanol–water partition coefficient (Wildman–Crippen LogP) is 13.9. The normalized spacial score (nSPS) is 11.4. The number of aryl methyl sites for hydroxylation is 1. The van der Waals surface area contributed by atoms with Gasteiger partial charge in [-0.15, -0.1) is 0 Å². The van der Waals surface area contributed by atoms with E-state index in [9.17, 15) is 0 Å². The average Bonchev–Trinajstić information content (AvgIpc) is 3.28. The van der Waals surface area contributed by atoms with E-state index in [4.69, 9.17) is 9.97 Å². The quantitative estimate of drug-likeness (QED) is 0.140. The maximum absolute atomic E-state index is 5.23. The summed E-state index contributed by atoms with van der Waals surface area (Å²) < 4.78 is 0. The number of nitrogens with zero attached hydrogens (tertiary/aromatic N) is 3. The Morgan fingerprint density at radius 1 is 0.482 bits per heavy atom. The van der Waals surface area contributed by atoms with Gasteiger partial charge in [-0.1, -0.05) is 177 Å². The Hall–Kier alpha value is -7.23. The first kappa shape index (κ1) is 34.5. The van der Waals surface area contributed by atoms with E-state index in [1.165, 1.54) is 43.8 Å². The summed E-state index contributed by atoms with van der Waals surface area (Å²) >= 11 is 0. The van der Waals surface area contributed by atoms with E-state index in [0.717, 1.165) is 56.8 Å². The molecule has 2 aromatic heterocycles. The molecule has 0 aliphatic heterocycles. The predicted molar refractivity (Wildman–Crippen MR) is 236 cm³/mol. The zero-order chi connectivity index (χ0) is 37.8. The Kier molecular flexibility index (Phi) is 9.41. The van der Waals surface area contributed by atoms with Gasteiger partial charge in [0.05, 0.1) is 11.4 Å². The number of aromatic nitrogens is 3. The van der Waals surface area contributed by atoms with Gasteiger partial charge in [-0.3, -0.25) is 4.98 Å². The molecule has 3 heteroatoms. The van der Waals surface area contributed by atoms with Gasteiger partial charge in [0.25, 0.3) is 0 Å². The van der Waals surface area contributed by atoms with E-state index in [-0.39, 0.29) is 0 Å². The number of hydrogen-bond donors (Lipinski definition) is 0. The largest absolute Gasteiger partial charge is 0.264 e. The highest BCUT2D eigenvalue weighted by Crippen LogP contribution is 2.35. The molecule has 0 aliphatic rings. The van der Waals surface area contributed by atoms with Crippen LogP contribution in [0.4, 0.5) is 0 Å². The van der Waals surface area contributed by atoms with Crippen LogP contribution in [0.5, 0.6) is 0 Å². The molecule has 7 aromatic carbocycles. The van der Waals surface area contributed by atoms with Gasteiger partial charge in [0.1, 0.15) is 0 Å². The van der Waals surface area contributed by atoms with Gasteiger partial charge in [-0.2, -0.15) is 0 Å². The Morgan fingerprint density at radius 2 is 1.07 bits per heavy atom. The van der Waals surface area contributed by atoms with Crippen LogP contribution in [0.25, 0.3) is 94.9 Å². The minimum atomic E-state index is 0.680. The molecule has 0 N–H and O–H groups in total. The lowest BCUT2D eigenvalue weighted by molar-refractivity contribution is 1.10. The highest BCUT2D eigenvalue weighted by Gasteiger charge is 2.14. The number of fused-ring (bicyclic) bond motifs is 2. The number of benzene rings is 7. The van der Waals surface area contributed by atoms with Crippen molar-refractivity contribution in [3.63, 3.8) is 0 Å². The van der Waals surface area contributed by atoms with Crippen LogP contribution in [0, 0.1) is 0 Å². The summed E-state index contributed by atoms with van der Waals surface area (Å²) in [5.74, 6) is 0.680. The van der Waals surface area contributed by atoms with Crippen LogP contribution in [0.15, 0.2) is 195 Å². The number of allylic oxidation sites excluding steroid dienone is 2. The molecule has 3 nitrogen and oxygen atoms in total. The lowest BCUT2D eigenvalue weighted by Crippen LogP contribution is -1.97. The van der Waals surface area contributed by atoms with Gasteiger partial charge in [0, 0.05) is 34.6 Å². The van der Waals surface area contributed by atoms with Crippen molar-refractivity contribution in [3.05, 3.63) is 206 Å². The molecule has 0 radical (unpaired) electrons. The summed E-state index contributed by atoms with van der Waals surface area (Å²) in [7, 11) is 0. The van der Waals surface area contributed by atoms with Crippen LogP contribution in [-0.4, -0.2) is 15.0 Å². The maximum atomic E-state index is 5.23. The third-order valence-corrected chi connectivity index (χ3v) is 10.6. The molecule has 0 bridgehead atoms. The Balaban J connectivity index is 1.14. The molecule has 0 aliphatic carbocycles. The SMILES string of the molecule is C=C/C=C\c1c(CC)cncc1-c1ccc(-c2cc(-c3ccc(-c4cccc5ccccc45)cc3)nc(-c3cccc(-c4ccc5ccccc5c4)c3)n2)cc1. The minimum Gasteiger partial charge on any atom is -0.264 e. The molecule has 0 saturated heterocycles. The highest BCUT2D eigenvalue weighted by molar-refractivity contribution is 5.97. The smallest absolute Gasteiger partial charge is 0.160 e. The van der Waals surface area contributed by atoms with Gasteiger partial charge in [-0.25, -0.2) is 9.97 Å². The van der Waals surface area contributed by atoms with Crippen molar-refractivity contribution < 1.29 is 0 Å². The Labute approximate surface area is 328 Å². The first-order chi connectivity index (χ1) is 27.6. The molecular formula is C53H39N3. The van der Waals surface area contributed by atoms with Gasteiger partial charge in [-0.05, 0) is 85.1 Å². The van der Waals surface area contributed by atoms with Crippen molar-refractivity contribution in [1.29, 1.82) is 0 Å². The van der Waals surface area contributed by atoms with Crippen LogP contribution < -0.4 is 0 Å². The highest BCUT2D eigenvalue weighted by atomic mass is 14.9. The summed E-state index contributed by atoms with van der Waals surface area (Å²) in [4.78, 5) is 15.0. The molecule has 0 fully saturated rings. The molecule has 0 unspecified atom stereocenters. The molecule has 9 aromatic rings. The first-order valence-corrected chi connectivity index (χ1v) is 19.1. The molecule has 56 heavy (non-hydrogen) atoms. The molecule has 0 saturated carbocycles. The summed E-state index contributed by atoms with van der Waals surface area (Å²) in [6, 6.07) is 58.2. The monoisotopic (exact) mass is 717 g/mol. The van der Waals surface area contributed by atoms with Crippen molar-refractivity contribution in [3.8, 4) is 67.3 Å². The summed E-state index contributed by atoms with van der Waals surface area (Å²) in [5, 5.41) is 4.91. The van der Waals surface area contributed by atoms with E-state index >= 15 is 0 Å². The van der Waals surface area contributed by atoms with E-state index in [2.05, 4.69) is 188 Å². The van der Waals surface area contributed by atoms with Gasteiger partial charge < -0.3 is 0 Å². The van der Waals surface area contributed by atoms with Crippen molar-refractivity contribution in [2.45, 2.75) is 13.3 Å². The molecular weight excluding hydrogens is 679 g/mol. The lowest BCUT2D eigenvalue weighted by Gasteiger charge is -2.13. The lowest BCUT2D eigenvalue weighted by atomic mass is 9.95. The summed E-state index contributed by atoms with van der Waals surface area (Å²) in [6.07, 6.45) is 10.7. The summed E-state index contributed by atoms with van der Waals surface area (Å²) in [5.41, 5.74) is 14.0. The van der Waals surface area contributed by atoms with Crippen molar-refractivity contribution in [2.75, 3.05) is 0 Å². The van der Waals surface area contributed by atoms with Gasteiger partial charge >= 0.3 is 0 Å². The molecule has 0 spiro atoms. The number of hydrogen-bond acceptors (Lipinski definition) is 3. The van der Waals surface area contributed by atoms with Crippen LogP contribution >= 0.6 is 0 Å². The average molecular weight is 718 g/mol. The van der Waals surface area contributed by atoms with E-state index < -0.39 is 0 Å².